The lowest BCUT2D eigenvalue weighted by Crippen LogP contribution is -2.09. The molecule has 0 unspecified atom stereocenters. The van der Waals surface area contributed by atoms with Crippen molar-refractivity contribution >= 4 is 5.97 Å². The van der Waals surface area contributed by atoms with Gasteiger partial charge in [-0.05, 0) is 37.3 Å². The number of hydrogen-bond acceptors (Lipinski definition) is 5. The highest BCUT2D eigenvalue weighted by atomic mass is 16.7. The zero-order valence-electron chi connectivity index (χ0n) is 11.9. The minimum atomic E-state index is -0.584. The van der Waals surface area contributed by atoms with E-state index >= 15 is 0 Å². The van der Waals surface area contributed by atoms with Crippen LogP contribution in [0.2, 0.25) is 0 Å². The third kappa shape index (κ3) is 2.75. The average Bonchev–Trinajstić information content (AvgIpc) is 3.04. The third-order valence-electron chi connectivity index (χ3n) is 3.28. The number of rotatable bonds is 3. The molecule has 0 aliphatic carbocycles. The van der Waals surface area contributed by atoms with Crippen molar-refractivity contribution in [2.24, 2.45) is 5.90 Å². The zero-order chi connectivity index (χ0) is 15.5. The van der Waals surface area contributed by atoms with Crippen molar-refractivity contribution in [3.8, 4) is 22.8 Å². The number of benzene rings is 2. The molecule has 0 spiro atoms. The number of hydrogen-bond donors (Lipinski definition) is 1. The maximum atomic E-state index is 11.3. The highest BCUT2D eigenvalue weighted by Gasteiger charge is 2.10. The van der Waals surface area contributed by atoms with Crippen LogP contribution in [0.3, 0.4) is 0 Å². The van der Waals surface area contributed by atoms with Gasteiger partial charge in [0.1, 0.15) is 0 Å². The van der Waals surface area contributed by atoms with Gasteiger partial charge in [0.2, 0.25) is 5.89 Å². The van der Waals surface area contributed by atoms with Crippen molar-refractivity contribution in [2.45, 2.75) is 6.92 Å². The number of aryl methyl sites for hydroxylation is 1. The van der Waals surface area contributed by atoms with E-state index < -0.39 is 5.97 Å². The fourth-order valence-corrected chi connectivity index (χ4v) is 2.16. The van der Waals surface area contributed by atoms with Crippen LogP contribution >= 0.6 is 0 Å². The summed E-state index contributed by atoms with van der Waals surface area (Å²) in [6.07, 6.45) is 1.69. The summed E-state index contributed by atoms with van der Waals surface area (Å²) in [6.45, 7) is 2.02. The predicted molar refractivity (Wildman–Crippen MR) is 81.7 cm³/mol. The molecule has 0 bridgehead atoms. The molecule has 3 aromatic rings. The third-order valence-corrected chi connectivity index (χ3v) is 3.28. The van der Waals surface area contributed by atoms with E-state index in [2.05, 4.69) is 9.82 Å². The van der Waals surface area contributed by atoms with Gasteiger partial charge in [-0.1, -0.05) is 23.8 Å². The van der Waals surface area contributed by atoms with E-state index in [1.165, 1.54) is 0 Å². The number of nitrogens with two attached hydrogens (primary N) is 1. The standard InChI is InChI=1S/C17H14N2O3/c1-11-3-2-4-14(9-11)15-10-19-16(21-15)12-5-7-13(8-6-12)17(20)22-18/h2-10H,18H2,1H3. The molecule has 0 radical (unpaired) electrons. The van der Waals surface area contributed by atoms with Gasteiger partial charge in [0.05, 0.1) is 11.8 Å². The number of oxazole rings is 1. The highest BCUT2D eigenvalue weighted by Crippen LogP contribution is 2.26. The van der Waals surface area contributed by atoms with Crippen molar-refractivity contribution in [3.05, 3.63) is 65.9 Å². The quantitative estimate of drug-likeness (QED) is 0.749. The lowest BCUT2D eigenvalue weighted by Gasteiger charge is -2.00. The largest absolute Gasteiger partial charge is 0.436 e. The molecule has 2 N–H and O–H groups in total. The Morgan fingerprint density at radius 1 is 1.14 bits per heavy atom. The molecule has 1 heterocycles. The second kappa shape index (κ2) is 5.83. The highest BCUT2D eigenvalue weighted by molar-refractivity contribution is 5.89. The van der Waals surface area contributed by atoms with Crippen molar-refractivity contribution < 1.29 is 14.0 Å². The predicted octanol–water partition coefficient (Wildman–Crippen LogP) is 3.35. The van der Waals surface area contributed by atoms with Gasteiger partial charge in [-0.25, -0.2) is 9.78 Å². The van der Waals surface area contributed by atoms with Crippen molar-refractivity contribution in [3.63, 3.8) is 0 Å². The Labute approximate surface area is 127 Å². The summed E-state index contributed by atoms with van der Waals surface area (Å²) >= 11 is 0. The van der Waals surface area contributed by atoms with Crippen LogP contribution in [0, 0.1) is 6.92 Å². The van der Waals surface area contributed by atoms with E-state index in [9.17, 15) is 4.79 Å². The van der Waals surface area contributed by atoms with Gasteiger partial charge >= 0.3 is 5.97 Å². The lowest BCUT2D eigenvalue weighted by molar-refractivity contribution is 0.0503. The van der Waals surface area contributed by atoms with Crippen LogP contribution in [0.4, 0.5) is 0 Å². The second-order valence-electron chi connectivity index (χ2n) is 4.88. The Hall–Kier alpha value is -2.92. The molecule has 2 aromatic carbocycles. The summed E-state index contributed by atoms with van der Waals surface area (Å²) in [6, 6.07) is 14.7. The molecular weight excluding hydrogens is 280 g/mol. The van der Waals surface area contributed by atoms with Crippen LogP contribution in [-0.2, 0) is 4.84 Å². The fraction of sp³-hybridized carbons (Fsp3) is 0.0588. The molecule has 3 rings (SSSR count). The summed E-state index contributed by atoms with van der Waals surface area (Å²) in [7, 11) is 0. The SMILES string of the molecule is Cc1cccc(-c2cnc(-c3ccc(C(=O)ON)cc3)o2)c1. The molecule has 0 saturated carbocycles. The molecule has 5 nitrogen and oxygen atoms in total. The summed E-state index contributed by atoms with van der Waals surface area (Å²) in [5.41, 5.74) is 3.27. The first-order valence-electron chi connectivity index (χ1n) is 6.72. The summed E-state index contributed by atoms with van der Waals surface area (Å²) in [5, 5.41) is 0. The van der Waals surface area contributed by atoms with Crippen LogP contribution in [0.1, 0.15) is 15.9 Å². The molecule has 0 aliphatic heterocycles. The molecule has 110 valence electrons. The summed E-state index contributed by atoms with van der Waals surface area (Å²) in [5.74, 6) is 5.46. The molecule has 22 heavy (non-hydrogen) atoms. The number of aromatic nitrogens is 1. The number of carbonyl (C=O) groups excluding carboxylic acids is 1. The number of nitrogens with zero attached hydrogens (tertiary/aromatic N) is 1. The molecule has 1 aromatic heterocycles. The average molecular weight is 294 g/mol. The first kappa shape index (κ1) is 14.0. The molecule has 0 aliphatic rings. The van der Waals surface area contributed by atoms with Gasteiger partial charge < -0.3 is 9.25 Å². The Morgan fingerprint density at radius 2 is 1.91 bits per heavy atom. The van der Waals surface area contributed by atoms with Gasteiger partial charge in [0.25, 0.3) is 0 Å². The van der Waals surface area contributed by atoms with Gasteiger partial charge in [-0.3, -0.25) is 0 Å². The lowest BCUT2D eigenvalue weighted by atomic mass is 10.1. The second-order valence-corrected chi connectivity index (χ2v) is 4.88. The van der Waals surface area contributed by atoms with Gasteiger partial charge in [0, 0.05) is 11.1 Å². The van der Waals surface area contributed by atoms with E-state index in [0.29, 0.717) is 17.2 Å². The first-order chi connectivity index (χ1) is 10.7. The molecule has 0 amide bonds. The molecule has 0 fully saturated rings. The minimum absolute atomic E-state index is 0.372. The Bertz CT molecular complexity index is 807. The topological polar surface area (TPSA) is 78.3 Å². The van der Waals surface area contributed by atoms with Crippen molar-refractivity contribution in [1.29, 1.82) is 0 Å². The molecular formula is C17H14N2O3. The van der Waals surface area contributed by atoms with Crippen LogP contribution < -0.4 is 5.90 Å². The van der Waals surface area contributed by atoms with E-state index in [0.717, 1.165) is 16.7 Å². The summed E-state index contributed by atoms with van der Waals surface area (Å²) in [4.78, 5) is 19.8. The normalized spacial score (nSPS) is 10.5. The molecule has 5 heteroatoms. The van der Waals surface area contributed by atoms with Crippen LogP contribution in [0.5, 0.6) is 0 Å². The Balaban J connectivity index is 1.89. The zero-order valence-corrected chi connectivity index (χ0v) is 11.9. The van der Waals surface area contributed by atoms with Gasteiger partial charge in [0.15, 0.2) is 5.76 Å². The minimum Gasteiger partial charge on any atom is -0.436 e. The molecule has 0 saturated heterocycles. The van der Waals surface area contributed by atoms with Crippen LogP contribution in [0.25, 0.3) is 22.8 Å². The van der Waals surface area contributed by atoms with Crippen LogP contribution in [0.15, 0.2) is 59.1 Å². The fourth-order valence-electron chi connectivity index (χ4n) is 2.16. The van der Waals surface area contributed by atoms with Gasteiger partial charge in [-0.15, -0.1) is 0 Å². The van der Waals surface area contributed by atoms with Crippen molar-refractivity contribution in [2.75, 3.05) is 0 Å². The smallest absolute Gasteiger partial charge is 0.356 e. The Morgan fingerprint density at radius 3 is 2.59 bits per heavy atom. The molecule has 0 atom stereocenters. The van der Waals surface area contributed by atoms with E-state index in [-0.39, 0.29) is 0 Å². The van der Waals surface area contributed by atoms with E-state index in [1.807, 2.05) is 31.2 Å². The monoisotopic (exact) mass is 294 g/mol. The maximum Gasteiger partial charge on any atom is 0.356 e. The Kier molecular flexibility index (Phi) is 3.72. The van der Waals surface area contributed by atoms with E-state index in [1.54, 1.807) is 30.5 Å². The summed E-state index contributed by atoms with van der Waals surface area (Å²) < 4.78 is 5.79. The van der Waals surface area contributed by atoms with Gasteiger partial charge in [-0.2, -0.15) is 5.90 Å². The maximum absolute atomic E-state index is 11.3. The van der Waals surface area contributed by atoms with E-state index in [4.69, 9.17) is 10.3 Å². The van der Waals surface area contributed by atoms with Crippen molar-refractivity contribution in [1.82, 2.24) is 4.98 Å². The first-order valence-corrected chi connectivity index (χ1v) is 6.72. The van der Waals surface area contributed by atoms with Crippen LogP contribution in [-0.4, -0.2) is 11.0 Å². The number of carbonyl (C=O) groups is 1.